The highest BCUT2D eigenvalue weighted by Crippen LogP contribution is 2.25. The largest absolute Gasteiger partial charge is 0.375 e. The van der Waals surface area contributed by atoms with Crippen molar-refractivity contribution in [2.45, 2.75) is 25.7 Å². The maximum Gasteiger partial charge on any atom is 0.0719 e. The van der Waals surface area contributed by atoms with Crippen LogP contribution >= 0.6 is 11.3 Å². The molecule has 0 saturated heterocycles. The van der Waals surface area contributed by atoms with Gasteiger partial charge in [-0.3, -0.25) is 9.88 Å². The maximum atomic E-state index is 6.00. The molecule has 5 heteroatoms. The highest BCUT2D eigenvalue weighted by atomic mass is 32.1. The molecule has 1 atom stereocenters. The first-order chi connectivity index (χ1) is 11.9. The first-order valence-electron chi connectivity index (χ1n) is 8.25. The molecule has 1 unspecified atom stereocenters. The quantitative estimate of drug-likeness (QED) is 0.686. The molecule has 4 rings (SSSR count). The second-order valence-corrected chi connectivity index (χ2v) is 7.21. The third-order valence-corrected chi connectivity index (χ3v) is 5.26. The third kappa shape index (κ3) is 3.59. The standard InChI is InChI=1S/C19H21N3OS/c1-3-17-11-21(13-19-4-2-10-24-19)12-18(22(17)9-1)15-23-14-16-5-7-20-8-6-16/h1-10,18H,11-15H2. The zero-order valence-corrected chi connectivity index (χ0v) is 14.4. The molecule has 0 fully saturated rings. The molecule has 1 aliphatic heterocycles. The van der Waals surface area contributed by atoms with Crippen molar-refractivity contribution in [2.24, 2.45) is 0 Å². The second kappa shape index (κ2) is 7.30. The van der Waals surface area contributed by atoms with Crippen LogP contribution in [-0.4, -0.2) is 27.6 Å². The second-order valence-electron chi connectivity index (χ2n) is 6.18. The Bertz CT molecular complexity index is 754. The lowest BCUT2D eigenvalue weighted by Crippen LogP contribution is -2.38. The van der Waals surface area contributed by atoms with Crippen molar-refractivity contribution in [1.29, 1.82) is 0 Å². The van der Waals surface area contributed by atoms with Crippen molar-refractivity contribution in [1.82, 2.24) is 14.5 Å². The lowest BCUT2D eigenvalue weighted by atomic mass is 10.2. The highest BCUT2D eigenvalue weighted by Gasteiger charge is 2.24. The number of ether oxygens (including phenoxy) is 1. The van der Waals surface area contributed by atoms with Gasteiger partial charge in [0, 0.05) is 48.8 Å². The van der Waals surface area contributed by atoms with E-state index in [9.17, 15) is 0 Å². The number of hydrogen-bond donors (Lipinski definition) is 0. The SMILES string of the molecule is c1csc(CN2Cc3cccn3C(COCc3ccncc3)C2)c1. The fourth-order valence-electron chi connectivity index (χ4n) is 3.27. The Morgan fingerprint density at radius 3 is 2.92 bits per heavy atom. The minimum atomic E-state index is 0.366. The molecule has 4 nitrogen and oxygen atoms in total. The summed E-state index contributed by atoms with van der Waals surface area (Å²) in [6.45, 7) is 4.41. The molecule has 4 heterocycles. The molecule has 0 saturated carbocycles. The number of thiophene rings is 1. The van der Waals surface area contributed by atoms with Crippen LogP contribution in [0.25, 0.3) is 0 Å². The molecule has 124 valence electrons. The molecular formula is C19H21N3OS. The van der Waals surface area contributed by atoms with Gasteiger partial charge in [0.1, 0.15) is 0 Å². The predicted octanol–water partition coefficient (Wildman–Crippen LogP) is 3.72. The average Bonchev–Trinajstić information content (AvgIpc) is 3.27. The van der Waals surface area contributed by atoms with Crippen molar-refractivity contribution < 1.29 is 4.74 Å². The van der Waals surface area contributed by atoms with Gasteiger partial charge in [-0.2, -0.15) is 0 Å². The summed E-state index contributed by atoms with van der Waals surface area (Å²) >= 11 is 1.83. The minimum Gasteiger partial charge on any atom is -0.375 e. The molecule has 24 heavy (non-hydrogen) atoms. The molecule has 1 aliphatic rings. The normalized spacial score (nSPS) is 17.8. The van der Waals surface area contributed by atoms with Gasteiger partial charge in [-0.15, -0.1) is 11.3 Å². The van der Waals surface area contributed by atoms with Crippen LogP contribution in [0.3, 0.4) is 0 Å². The Hall–Kier alpha value is -1.95. The smallest absolute Gasteiger partial charge is 0.0719 e. The number of aromatic nitrogens is 2. The van der Waals surface area contributed by atoms with E-state index in [1.807, 2.05) is 35.9 Å². The Balaban J connectivity index is 1.40. The topological polar surface area (TPSA) is 30.3 Å². The van der Waals surface area contributed by atoms with Gasteiger partial charge in [-0.1, -0.05) is 6.07 Å². The first-order valence-corrected chi connectivity index (χ1v) is 9.13. The lowest BCUT2D eigenvalue weighted by molar-refractivity contribution is 0.0591. The molecule has 0 radical (unpaired) electrons. The third-order valence-electron chi connectivity index (χ3n) is 4.40. The van der Waals surface area contributed by atoms with Crippen LogP contribution in [0.1, 0.15) is 22.2 Å². The van der Waals surface area contributed by atoms with Gasteiger partial charge >= 0.3 is 0 Å². The van der Waals surface area contributed by atoms with E-state index in [0.29, 0.717) is 12.6 Å². The first kappa shape index (κ1) is 15.6. The van der Waals surface area contributed by atoms with E-state index < -0.39 is 0 Å². The summed E-state index contributed by atoms with van der Waals surface area (Å²) < 4.78 is 8.37. The average molecular weight is 339 g/mol. The van der Waals surface area contributed by atoms with Gasteiger partial charge in [0.15, 0.2) is 0 Å². The molecule has 0 bridgehead atoms. The predicted molar refractivity (Wildman–Crippen MR) is 95.8 cm³/mol. The highest BCUT2D eigenvalue weighted by molar-refractivity contribution is 7.09. The molecular weight excluding hydrogens is 318 g/mol. The van der Waals surface area contributed by atoms with Gasteiger partial charge in [-0.25, -0.2) is 0 Å². The Morgan fingerprint density at radius 1 is 1.17 bits per heavy atom. The fraction of sp³-hybridized carbons (Fsp3) is 0.316. The molecule has 0 aromatic carbocycles. The van der Waals surface area contributed by atoms with Gasteiger partial charge < -0.3 is 9.30 Å². The van der Waals surface area contributed by atoms with Gasteiger partial charge in [0.2, 0.25) is 0 Å². The zero-order valence-electron chi connectivity index (χ0n) is 13.5. The fourth-order valence-corrected chi connectivity index (χ4v) is 4.01. The van der Waals surface area contributed by atoms with Crippen LogP contribution in [0.15, 0.2) is 60.4 Å². The summed E-state index contributed by atoms with van der Waals surface area (Å²) in [4.78, 5) is 7.98. The number of fused-ring (bicyclic) bond motifs is 1. The van der Waals surface area contributed by atoms with E-state index >= 15 is 0 Å². The summed E-state index contributed by atoms with van der Waals surface area (Å²) in [6, 6.07) is 13.1. The summed E-state index contributed by atoms with van der Waals surface area (Å²) in [5.41, 5.74) is 2.54. The minimum absolute atomic E-state index is 0.366. The Kier molecular flexibility index (Phi) is 4.74. The van der Waals surface area contributed by atoms with Gasteiger partial charge in [-0.05, 0) is 41.3 Å². The number of hydrogen-bond acceptors (Lipinski definition) is 4. The molecule has 0 aliphatic carbocycles. The van der Waals surface area contributed by atoms with Gasteiger partial charge in [0.25, 0.3) is 0 Å². The van der Waals surface area contributed by atoms with E-state index in [1.165, 1.54) is 16.1 Å². The van der Waals surface area contributed by atoms with Crippen molar-refractivity contribution in [3.05, 3.63) is 76.5 Å². The van der Waals surface area contributed by atoms with Crippen LogP contribution < -0.4 is 0 Å². The molecule has 0 amide bonds. The van der Waals surface area contributed by atoms with E-state index in [4.69, 9.17) is 4.74 Å². The maximum absolute atomic E-state index is 6.00. The summed E-state index contributed by atoms with van der Waals surface area (Å²) in [5, 5.41) is 2.15. The van der Waals surface area contributed by atoms with Crippen molar-refractivity contribution in [3.63, 3.8) is 0 Å². The lowest BCUT2D eigenvalue weighted by Gasteiger charge is -2.34. The Morgan fingerprint density at radius 2 is 2.08 bits per heavy atom. The number of nitrogens with zero attached hydrogens (tertiary/aromatic N) is 3. The zero-order chi connectivity index (χ0) is 16.2. The van der Waals surface area contributed by atoms with E-state index in [-0.39, 0.29) is 0 Å². The molecule has 3 aromatic heterocycles. The van der Waals surface area contributed by atoms with Crippen LogP contribution in [-0.2, 0) is 24.4 Å². The van der Waals surface area contributed by atoms with E-state index in [2.05, 4.69) is 50.3 Å². The monoisotopic (exact) mass is 339 g/mol. The van der Waals surface area contributed by atoms with Gasteiger partial charge in [0.05, 0.1) is 19.3 Å². The van der Waals surface area contributed by atoms with Crippen LogP contribution in [0.5, 0.6) is 0 Å². The summed E-state index contributed by atoms with van der Waals surface area (Å²) in [7, 11) is 0. The molecule has 0 spiro atoms. The van der Waals surface area contributed by atoms with E-state index in [1.54, 1.807) is 0 Å². The van der Waals surface area contributed by atoms with E-state index in [0.717, 1.165) is 26.2 Å². The van der Waals surface area contributed by atoms with Crippen molar-refractivity contribution >= 4 is 11.3 Å². The molecule has 0 N–H and O–H groups in total. The van der Waals surface area contributed by atoms with Crippen LogP contribution in [0.2, 0.25) is 0 Å². The van der Waals surface area contributed by atoms with Crippen LogP contribution in [0.4, 0.5) is 0 Å². The van der Waals surface area contributed by atoms with Crippen LogP contribution in [0, 0.1) is 0 Å². The number of pyridine rings is 1. The number of rotatable bonds is 6. The summed E-state index contributed by atoms with van der Waals surface area (Å²) in [5.74, 6) is 0. The summed E-state index contributed by atoms with van der Waals surface area (Å²) in [6.07, 6.45) is 5.80. The van der Waals surface area contributed by atoms with Crippen molar-refractivity contribution in [2.75, 3.05) is 13.2 Å². The van der Waals surface area contributed by atoms with Crippen molar-refractivity contribution in [3.8, 4) is 0 Å². The molecule has 3 aromatic rings. The Labute approximate surface area is 146 Å².